The molecule has 1 aliphatic rings. The van der Waals surface area contributed by atoms with Gasteiger partial charge in [-0.2, -0.15) is 0 Å². The van der Waals surface area contributed by atoms with Crippen LogP contribution in [0.2, 0.25) is 0 Å². The van der Waals surface area contributed by atoms with Crippen molar-refractivity contribution < 1.29 is 19.8 Å². The van der Waals surface area contributed by atoms with Crippen molar-refractivity contribution in [2.45, 2.75) is 38.1 Å². The number of rotatable bonds is 7. The van der Waals surface area contributed by atoms with Crippen molar-refractivity contribution in [3.63, 3.8) is 0 Å². The molecule has 0 spiro atoms. The number of para-hydroxylation sites is 1. The molecule has 1 aliphatic heterocycles. The van der Waals surface area contributed by atoms with Crippen LogP contribution in [0.5, 0.6) is 5.75 Å². The number of aromatic hydroxyl groups is 1. The zero-order chi connectivity index (χ0) is 15.2. The summed E-state index contributed by atoms with van der Waals surface area (Å²) >= 11 is 0. The standard InChI is InChI=1S/C16H21NO4/c18-14-6-2-1-5-13(14)15(19)9-11-17-10-3-4-12(17)7-8-16(20)21/h1-2,5-6,12,18H,3-4,7-11H2,(H,20,21). The van der Waals surface area contributed by atoms with Gasteiger partial charge in [0.2, 0.25) is 0 Å². The van der Waals surface area contributed by atoms with Crippen molar-refractivity contribution in [1.29, 1.82) is 0 Å². The number of phenolic OH excluding ortho intramolecular Hbond substituents is 1. The Morgan fingerprint density at radius 1 is 1.24 bits per heavy atom. The molecule has 0 bridgehead atoms. The van der Waals surface area contributed by atoms with E-state index in [1.54, 1.807) is 18.2 Å². The average molecular weight is 291 g/mol. The molecule has 1 saturated heterocycles. The topological polar surface area (TPSA) is 77.8 Å². The van der Waals surface area contributed by atoms with Crippen molar-refractivity contribution >= 4 is 11.8 Å². The highest BCUT2D eigenvalue weighted by Crippen LogP contribution is 2.23. The summed E-state index contributed by atoms with van der Waals surface area (Å²) in [6.07, 6.45) is 3.21. The third kappa shape index (κ3) is 4.29. The molecule has 0 aromatic heterocycles. The predicted octanol–water partition coefficient (Wildman–Crippen LogP) is 2.29. The second-order valence-electron chi connectivity index (χ2n) is 5.45. The van der Waals surface area contributed by atoms with E-state index in [2.05, 4.69) is 4.90 Å². The molecule has 0 radical (unpaired) electrons. The van der Waals surface area contributed by atoms with E-state index in [-0.39, 0.29) is 24.0 Å². The predicted molar refractivity (Wildman–Crippen MR) is 78.5 cm³/mol. The number of hydrogen-bond donors (Lipinski definition) is 2. The summed E-state index contributed by atoms with van der Waals surface area (Å²) < 4.78 is 0. The van der Waals surface area contributed by atoms with Gasteiger partial charge >= 0.3 is 5.97 Å². The van der Waals surface area contributed by atoms with Crippen LogP contribution in [0.4, 0.5) is 0 Å². The van der Waals surface area contributed by atoms with Crippen molar-refractivity contribution in [3.05, 3.63) is 29.8 Å². The van der Waals surface area contributed by atoms with Gasteiger partial charge in [0.15, 0.2) is 5.78 Å². The van der Waals surface area contributed by atoms with Crippen molar-refractivity contribution in [2.75, 3.05) is 13.1 Å². The zero-order valence-electron chi connectivity index (χ0n) is 12.0. The zero-order valence-corrected chi connectivity index (χ0v) is 12.0. The maximum absolute atomic E-state index is 12.1. The Hall–Kier alpha value is -1.88. The van der Waals surface area contributed by atoms with Gasteiger partial charge < -0.3 is 10.2 Å². The second kappa shape index (κ2) is 7.22. The summed E-state index contributed by atoms with van der Waals surface area (Å²) in [4.78, 5) is 25.0. The quantitative estimate of drug-likeness (QED) is 0.754. The maximum Gasteiger partial charge on any atom is 0.303 e. The minimum atomic E-state index is -0.771. The smallest absolute Gasteiger partial charge is 0.303 e. The molecule has 0 saturated carbocycles. The van der Waals surface area contributed by atoms with Gasteiger partial charge in [-0.15, -0.1) is 0 Å². The van der Waals surface area contributed by atoms with Crippen LogP contribution in [0.15, 0.2) is 24.3 Å². The third-order valence-electron chi connectivity index (χ3n) is 4.02. The fourth-order valence-electron chi connectivity index (χ4n) is 2.90. The molecule has 5 nitrogen and oxygen atoms in total. The number of phenols is 1. The lowest BCUT2D eigenvalue weighted by molar-refractivity contribution is -0.137. The van der Waals surface area contributed by atoms with E-state index in [9.17, 15) is 14.7 Å². The molecule has 1 atom stereocenters. The number of carbonyl (C=O) groups excluding carboxylic acids is 1. The number of ketones is 1. The van der Waals surface area contributed by atoms with Crippen LogP contribution in [0.1, 0.15) is 42.5 Å². The number of aliphatic carboxylic acids is 1. The molecule has 5 heteroatoms. The van der Waals surface area contributed by atoms with Gasteiger partial charge in [0, 0.05) is 25.4 Å². The minimum absolute atomic E-state index is 0.0198. The van der Waals surface area contributed by atoms with E-state index >= 15 is 0 Å². The highest BCUT2D eigenvalue weighted by molar-refractivity contribution is 5.98. The van der Waals surface area contributed by atoms with Crippen molar-refractivity contribution in [1.82, 2.24) is 4.90 Å². The van der Waals surface area contributed by atoms with E-state index in [0.29, 0.717) is 24.9 Å². The Kier molecular flexibility index (Phi) is 5.33. The fraction of sp³-hybridized carbons (Fsp3) is 0.500. The second-order valence-corrected chi connectivity index (χ2v) is 5.45. The Bertz CT molecular complexity index is 515. The van der Waals surface area contributed by atoms with Gasteiger partial charge in [-0.1, -0.05) is 12.1 Å². The number of nitrogens with zero attached hydrogens (tertiary/aromatic N) is 1. The molecule has 1 aromatic carbocycles. The maximum atomic E-state index is 12.1. The first-order valence-corrected chi connectivity index (χ1v) is 7.35. The van der Waals surface area contributed by atoms with Crippen LogP contribution in [-0.4, -0.2) is 46.0 Å². The molecule has 1 unspecified atom stereocenters. The molecular formula is C16H21NO4. The van der Waals surface area contributed by atoms with Gasteiger partial charge in [-0.3, -0.25) is 14.5 Å². The van der Waals surface area contributed by atoms with E-state index < -0.39 is 5.97 Å². The lowest BCUT2D eigenvalue weighted by atomic mass is 10.1. The molecule has 1 fully saturated rings. The van der Waals surface area contributed by atoms with Gasteiger partial charge in [-0.25, -0.2) is 0 Å². The highest BCUT2D eigenvalue weighted by atomic mass is 16.4. The van der Waals surface area contributed by atoms with Crippen LogP contribution < -0.4 is 0 Å². The largest absolute Gasteiger partial charge is 0.507 e. The summed E-state index contributed by atoms with van der Waals surface area (Å²) in [6.45, 7) is 1.54. The number of carboxylic acid groups (broad SMARTS) is 1. The fourth-order valence-corrected chi connectivity index (χ4v) is 2.90. The number of carboxylic acids is 1. The van der Waals surface area contributed by atoms with Crippen LogP contribution >= 0.6 is 0 Å². The Balaban J connectivity index is 1.86. The summed E-state index contributed by atoms with van der Waals surface area (Å²) in [5, 5.41) is 18.4. The SMILES string of the molecule is O=C(O)CCC1CCCN1CCC(=O)c1ccccc1O. The summed E-state index contributed by atoms with van der Waals surface area (Å²) in [5.74, 6) is -0.824. The molecule has 1 aromatic rings. The van der Waals surface area contributed by atoms with Crippen LogP contribution in [0.3, 0.4) is 0 Å². The number of likely N-dealkylation sites (tertiary alicyclic amines) is 1. The molecular weight excluding hydrogens is 270 g/mol. The van der Waals surface area contributed by atoms with Gasteiger partial charge in [0.05, 0.1) is 5.56 Å². The summed E-state index contributed by atoms with van der Waals surface area (Å²) in [7, 11) is 0. The molecule has 0 aliphatic carbocycles. The van der Waals surface area contributed by atoms with Gasteiger partial charge in [0.1, 0.15) is 5.75 Å². The van der Waals surface area contributed by atoms with E-state index in [4.69, 9.17) is 5.11 Å². The normalized spacial score (nSPS) is 18.8. The monoisotopic (exact) mass is 291 g/mol. The number of benzene rings is 1. The molecule has 21 heavy (non-hydrogen) atoms. The van der Waals surface area contributed by atoms with Crippen LogP contribution in [0.25, 0.3) is 0 Å². The van der Waals surface area contributed by atoms with Gasteiger partial charge in [-0.05, 0) is 37.9 Å². The minimum Gasteiger partial charge on any atom is -0.507 e. The summed E-state index contributed by atoms with van der Waals surface area (Å²) in [5.41, 5.74) is 0.360. The Morgan fingerprint density at radius 2 is 2.00 bits per heavy atom. The molecule has 2 rings (SSSR count). The number of carbonyl (C=O) groups is 2. The van der Waals surface area contributed by atoms with Crippen LogP contribution in [0, 0.1) is 0 Å². The lowest BCUT2D eigenvalue weighted by Crippen LogP contribution is -2.32. The lowest BCUT2D eigenvalue weighted by Gasteiger charge is -2.23. The highest BCUT2D eigenvalue weighted by Gasteiger charge is 2.25. The first-order valence-electron chi connectivity index (χ1n) is 7.35. The molecule has 1 heterocycles. The van der Waals surface area contributed by atoms with Crippen LogP contribution in [-0.2, 0) is 4.79 Å². The Labute approximate surface area is 124 Å². The first kappa shape index (κ1) is 15.5. The Morgan fingerprint density at radius 3 is 2.71 bits per heavy atom. The average Bonchev–Trinajstić information content (AvgIpc) is 2.90. The number of hydrogen-bond acceptors (Lipinski definition) is 4. The third-order valence-corrected chi connectivity index (χ3v) is 4.02. The van der Waals surface area contributed by atoms with E-state index in [1.807, 2.05) is 0 Å². The molecule has 2 N–H and O–H groups in total. The number of Topliss-reactive ketones (excluding diaryl/α,β-unsaturated/α-hetero) is 1. The van der Waals surface area contributed by atoms with E-state index in [1.165, 1.54) is 6.07 Å². The summed E-state index contributed by atoms with van der Waals surface area (Å²) in [6, 6.07) is 6.83. The first-order chi connectivity index (χ1) is 10.1. The molecule has 114 valence electrons. The van der Waals surface area contributed by atoms with Gasteiger partial charge in [0.25, 0.3) is 0 Å². The van der Waals surface area contributed by atoms with E-state index in [0.717, 1.165) is 19.4 Å². The van der Waals surface area contributed by atoms with Crippen molar-refractivity contribution in [2.24, 2.45) is 0 Å². The molecule has 0 amide bonds. The van der Waals surface area contributed by atoms with Crippen molar-refractivity contribution in [3.8, 4) is 5.75 Å².